The number of hydrogen-bond acceptors (Lipinski definition) is 3. The first-order valence-corrected chi connectivity index (χ1v) is 7.56. The second-order valence-electron chi connectivity index (χ2n) is 5.80. The highest BCUT2D eigenvalue weighted by atomic mass is 16.4. The van der Waals surface area contributed by atoms with E-state index in [2.05, 4.69) is 28.4 Å². The number of rotatable bonds is 4. The molecule has 0 spiro atoms. The smallest absolute Gasteiger partial charge is 0.320 e. The van der Waals surface area contributed by atoms with E-state index in [1.165, 1.54) is 23.2 Å². The maximum atomic E-state index is 11.2. The summed E-state index contributed by atoms with van der Waals surface area (Å²) in [6, 6.07) is 6.35. The average molecular weight is 274 g/mol. The van der Waals surface area contributed by atoms with Crippen LogP contribution in [-0.4, -0.2) is 41.7 Å². The molecule has 1 aromatic rings. The van der Waals surface area contributed by atoms with E-state index >= 15 is 0 Å². The van der Waals surface area contributed by atoms with Crippen LogP contribution in [0.5, 0.6) is 0 Å². The fourth-order valence-electron chi connectivity index (χ4n) is 3.33. The second-order valence-corrected chi connectivity index (χ2v) is 5.80. The van der Waals surface area contributed by atoms with Crippen molar-refractivity contribution in [3.63, 3.8) is 0 Å². The molecule has 0 amide bonds. The molecule has 1 atom stereocenters. The van der Waals surface area contributed by atoms with Crippen molar-refractivity contribution in [2.24, 2.45) is 0 Å². The number of nitrogens with one attached hydrogen (secondary N) is 1. The van der Waals surface area contributed by atoms with Gasteiger partial charge >= 0.3 is 5.97 Å². The second kappa shape index (κ2) is 5.83. The molecule has 0 radical (unpaired) electrons. The summed E-state index contributed by atoms with van der Waals surface area (Å²) in [5, 5.41) is 12.6. The van der Waals surface area contributed by atoms with Gasteiger partial charge in [-0.2, -0.15) is 0 Å². The number of nitrogens with zero attached hydrogens (tertiary/aromatic N) is 1. The summed E-state index contributed by atoms with van der Waals surface area (Å²) in [5.41, 5.74) is 4.00. The fourth-order valence-corrected chi connectivity index (χ4v) is 3.33. The highest BCUT2D eigenvalue weighted by Crippen LogP contribution is 2.24. The number of hydrogen-bond donors (Lipinski definition) is 2. The molecule has 0 bridgehead atoms. The maximum absolute atomic E-state index is 11.2. The summed E-state index contributed by atoms with van der Waals surface area (Å²) in [5.74, 6) is -0.669. The molecule has 2 aliphatic heterocycles. The first-order chi connectivity index (χ1) is 9.74. The van der Waals surface area contributed by atoms with Crippen molar-refractivity contribution in [1.29, 1.82) is 0 Å². The molecular weight excluding hydrogens is 252 g/mol. The van der Waals surface area contributed by atoms with Crippen LogP contribution < -0.4 is 5.32 Å². The molecule has 0 aliphatic carbocycles. The Morgan fingerprint density at radius 2 is 2.30 bits per heavy atom. The molecule has 4 heteroatoms. The van der Waals surface area contributed by atoms with Crippen LogP contribution in [-0.2, 0) is 17.6 Å². The van der Waals surface area contributed by atoms with Gasteiger partial charge in [0.15, 0.2) is 0 Å². The minimum atomic E-state index is -0.669. The number of likely N-dealkylation sites (tertiary alicyclic amines) is 1. The molecule has 108 valence electrons. The van der Waals surface area contributed by atoms with Crippen molar-refractivity contribution in [2.45, 2.75) is 38.1 Å². The van der Waals surface area contributed by atoms with Gasteiger partial charge in [0.25, 0.3) is 0 Å². The average Bonchev–Trinajstić information content (AvgIpc) is 2.93. The van der Waals surface area contributed by atoms with Crippen LogP contribution in [0.25, 0.3) is 0 Å². The quantitative estimate of drug-likeness (QED) is 0.883. The standard InChI is InChI=1S/C16H22N2O2/c19-16(20)15-4-2-9-18(15)10-7-12-5-6-14-13(11-12)3-1-8-17-14/h5-6,11,15,17H,1-4,7-10H2,(H,19,20). The summed E-state index contributed by atoms with van der Waals surface area (Å²) >= 11 is 0. The van der Waals surface area contributed by atoms with Gasteiger partial charge in [0.1, 0.15) is 6.04 Å². The predicted molar refractivity (Wildman–Crippen MR) is 79.2 cm³/mol. The summed E-state index contributed by atoms with van der Waals surface area (Å²) in [6.07, 6.45) is 5.09. The van der Waals surface area contributed by atoms with Crippen LogP contribution in [0.3, 0.4) is 0 Å². The lowest BCUT2D eigenvalue weighted by molar-refractivity contribution is -0.142. The highest BCUT2D eigenvalue weighted by molar-refractivity contribution is 5.73. The Morgan fingerprint density at radius 1 is 1.40 bits per heavy atom. The molecule has 2 aliphatic rings. The number of carbonyl (C=O) groups is 1. The van der Waals surface area contributed by atoms with E-state index < -0.39 is 5.97 Å². The zero-order valence-electron chi connectivity index (χ0n) is 11.8. The van der Waals surface area contributed by atoms with Gasteiger partial charge in [-0.25, -0.2) is 0 Å². The highest BCUT2D eigenvalue weighted by Gasteiger charge is 2.29. The van der Waals surface area contributed by atoms with Crippen LogP contribution >= 0.6 is 0 Å². The van der Waals surface area contributed by atoms with Crippen molar-refractivity contribution in [1.82, 2.24) is 4.90 Å². The van der Waals surface area contributed by atoms with Crippen molar-refractivity contribution in [3.05, 3.63) is 29.3 Å². The fraction of sp³-hybridized carbons (Fsp3) is 0.562. The number of benzene rings is 1. The molecule has 1 aromatic carbocycles. The molecule has 20 heavy (non-hydrogen) atoms. The van der Waals surface area contributed by atoms with Crippen LogP contribution in [0, 0.1) is 0 Å². The summed E-state index contributed by atoms with van der Waals surface area (Å²) in [6.45, 7) is 2.84. The molecule has 1 unspecified atom stereocenters. The van der Waals surface area contributed by atoms with Crippen LogP contribution in [0.1, 0.15) is 30.4 Å². The zero-order chi connectivity index (χ0) is 13.9. The Balaban J connectivity index is 1.62. The molecule has 3 rings (SSSR count). The first kappa shape index (κ1) is 13.4. The van der Waals surface area contributed by atoms with E-state index in [0.29, 0.717) is 0 Å². The van der Waals surface area contributed by atoms with Crippen molar-refractivity contribution < 1.29 is 9.90 Å². The monoisotopic (exact) mass is 274 g/mol. The number of aryl methyl sites for hydroxylation is 1. The number of aliphatic carboxylic acids is 1. The van der Waals surface area contributed by atoms with Gasteiger partial charge in [-0.1, -0.05) is 12.1 Å². The predicted octanol–water partition coefficient (Wildman–Crippen LogP) is 2.14. The molecule has 1 saturated heterocycles. The van der Waals surface area contributed by atoms with Gasteiger partial charge in [-0.3, -0.25) is 9.69 Å². The molecular formula is C16H22N2O2. The Labute approximate surface area is 119 Å². The molecule has 0 aromatic heterocycles. The largest absolute Gasteiger partial charge is 0.480 e. The van der Waals surface area contributed by atoms with Gasteiger partial charge in [0, 0.05) is 18.8 Å². The van der Waals surface area contributed by atoms with Crippen LogP contribution in [0.15, 0.2) is 18.2 Å². The number of carboxylic acid groups (broad SMARTS) is 1. The number of anilines is 1. The van der Waals surface area contributed by atoms with Crippen LogP contribution in [0.4, 0.5) is 5.69 Å². The molecule has 2 heterocycles. The Morgan fingerprint density at radius 3 is 3.15 bits per heavy atom. The van der Waals surface area contributed by atoms with E-state index in [9.17, 15) is 9.90 Å². The molecule has 1 fully saturated rings. The van der Waals surface area contributed by atoms with E-state index in [-0.39, 0.29) is 6.04 Å². The lowest BCUT2D eigenvalue weighted by Gasteiger charge is -2.22. The van der Waals surface area contributed by atoms with Gasteiger partial charge in [0.05, 0.1) is 0 Å². The number of fused-ring (bicyclic) bond motifs is 1. The van der Waals surface area contributed by atoms with Crippen molar-refractivity contribution in [2.75, 3.05) is 25.0 Å². The Bertz CT molecular complexity index is 501. The zero-order valence-corrected chi connectivity index (χ0v) is 11.8. The summed E-state index contributed by atoms with van der Waals surface area (Å²) in [4.78, 5) is 13.3. The van der Waals surface area contributed by atoms with Gasteiger partial charge in [0.2, 0.25) is 0 Å². The first-order valence-electron chi connectivity index (χ1n) is 7.56. The summed E-state index contributed by atoms with van der Waals surface area (Å²) in [7, 11) is 0. The third kappa shape index (κ3) is 2.80. The third-order valence-corrected chi connectivity index (χ3v) is 4.44. The molecule has 0 saturated carbocycles. The normalized spacial score (nSPS) is 22.3. The maximum Gasteiger partial charge on any atom is 0.320 e. The third-order valence-electron chi connectivity index (χ3n) is 4.44. The van der Waals surface area contributed by atoms with E-state index in [0.717, 1.165) is 45.3 Å². The minimum absolute atomic E-state index is 0.269. The van der Waals surface area contributed by atoms with E-state index in [4.69, 9.17) is 0 Å². The topological polar surface area (TPSA) is 52.6 Å². The minimum Gasteiger partial charge on any atom is -0.480 e. The SMILES string of the molecule is O=C(O)C1CCCN1CCc1ccc2c(c1)CCCN2. The molecule has 2 N–H and O–H groups in total. The number of carboxylic acids is 1. The van der Waals surface area contributed by atoms with E-state index in [1.807, 2.05) is 0 Å². The lowest BCUT2D eigenvalue weighted by atomic mass is 9.99. The Kier molecular flexibility index (Phi) is 3.92. The molecule has 4 nitrogen and oxygen atoms in total. The van der Waals surface area contributed by atoms with Crippen molar-refractivity contribution in [3.8, 4) is 0 Å². The van der Waals surface area contributed by atoms with Gasteiger partial charge in [-0.05, 0) is 55.8 Å². The van der Waals surface area contributed by atoms with Gasteiger partial charge < -0.3 is 10.4 Å². The summed E-state index contributed by atoms with van der Waals surface area (Å²) < 4.78 is 0. The van der Waals surface area contributed by atoms with Crippen LogP contribution in [0.2, 0.25) is 0 Å². The Hall–Kier alpha value is -1.55. The van der Waals surface area contributed by atoms with Crippen molar-refractivity contribution >= 4 is 11.7 Å². The lowest BCUT2D eigenvalue weighted by Crippen LogP contribution is -2.37. The van der Waals surface area contributed by atoms with E-state index in [1.54, 1.807) is 0 Å². The van der Waals surface area contributed by atoms with Gasteiger partial charge in [-0.15, -0.1) is 0 Å².